The summed E-state index contributed by atoms with van der Waals surface area (Å²) in [7, 11) is 1.33. The summed E-state index contributed by atoms with van der Waals surface area (Å²) in [6.45, 7) is 2.09. The third-order valence-electron chi connectivity index (χ3n) is 2.14. The SMILES string of the molecule is CCCc1ccc(CC(N)C(=O)OC)o1. The van der Waals surface area contributed by atoms with Gasteiger partial charge in [-0.3, -0.25) is 4.79 Å². The van der Waals surface area contributed by atoms with Gasteiger partial charge >= 0.3 is 5.97 Å². The van der Waals surface area contributed by atoms with Gasteiger partial charge in [-0.15, -0.1) is 0 Å². The normalized spacial score (nSPS) is 12.5. The van der Waals surface area contributed by atoms with Crippen LogP contribution in [0.4, 0.5) is 0 Å². The van der Waals surface area contributed by atoms with E-state index in [9.17, 15) is 4.79 Å². The van der Waals surface area contributed by atoms with Gasteiger partial charge in [0.1, 0.15) is 17.6 Å². The molecule has 84 valence electrons. The van der Waals surface area contributed by atoms with E-state index >= 15 is 0 Å². The summed E-state index contributed by atoms with van der Waals surface area (Å²) in [4.78, 5) is 11.1. The van der Waals surface area contributed by atoms with Gasteiger partial charge in [0.25, 0.3) is 0 Å². The van der Waals surface area contributed by atoms with Gasteiger partial charge < -0.3 is 14.9 Å². The van der Waals surface area contributed by atoms with E-state index in [4.69, 9.17) is 10.2 Å². The standard InChI is InChI=1S/C11H17NO3/c1-3-4-8-5-6-9(15-8)7-10(12)11(13)14-2/h5-6,10H,3-4,7,12H2,1-2H3. The average molecular weight is 211 g/mol. The van der Waals surface area contributed by atoms with Crippen LogP contribution in [0.5, 0.6) is 0 Å². The van der Waals surface area contributed by atoms with Gasteiger partial charge in [-0.2, -0.15) is 0 Å². The molecule has 0 aromatic carbocycles. The molecule has 0 bridgehead atoms. The second kappa shape index (κ2) is 5.56. The number of carbonyl (C=O) groups is 1. The second-order valence-corrected chi connectivity index (χ2v) is 3.45. The summed E-state index contributed by atoms with van der Waals surface area (Å²) < 4.78 is 10.0. The summed E-state index contributed by atoms with van der Waals surface area (Å²) in [6.07, 6.45) is 2.33. The molecule has 0 aliphatic heterocycles. The molecule has 0 aliphatic carbocycles. The van der Waals surface area contributed by atoms with Crippen LogP contribution in [0.2, 0.25) is 0 Å². The van der Waals surface area contributed by atoms with E-state index in [0.29, 0.717) is 6.42 Å². The first kappa shape index (κ1) is 11.8. The lowest BCUT2D eigenvalue weighted by molar-refractivity contribution is -0.142. The molecule has 1 aromatic rings. The van der Waals surface area contributed by atoms with Crippen LogP contribution in [-0.4, -0.2) is 19.1 Å². The molecule has 0 saturated heterocycles. The molecule has 0 saturated carbocycles. The van der Waals surface area contributed by atoms with Crippen molar-refractivity contribution in [2.24, 2.45) is 5.73 Å². The Morgan fingerprint density at radius 1 is 1.53 bits per heavy atom. The number of furan rings is 1. The Morgan fingerprint density at radius 2 is 2.20 bits per heavy atom. The summed E-state index contributed by atoms with van der Waals surface area (Å²) in [6, 6.07) is 3.13. The van der Waals surface area contributed by atoms with Crippen LogP contribution in [0.25, 0.3) is 0 Å². The van der Waals surface area contributed by atoms with Crippen LogP contribution in [-0.2, 0) is 22.4 Å². The molecular formula is C11H17NO3. The number of esters is 1. The minimum absolute atomic E-state index is 0.385. The Hall–Kier alpha value is -1.29. The van der Waals surface area contributed by atoms with E-state index in [0.717, 1.165) is 24.4 Å². The maximum atomic E-state index is 11.1. The van der Waals surface area contributed by atoms with Crippen molar-refractivity contribution in [2.75, 3.05) is 7.11 Å². The van der Waals surface area contributed by atoms with Gasteiger partial charge in [-0.05, 0) is 18.6 Å². The second-order valence-electron chi connectivity index (χ2n) is 3.45. The van der Waals surface area contributed by atoms with Crippen molar-refractivity contribution < 1.29 is 13.9 Å². The third-order valence-corrected chi connectivity index (χ3v) is 2.14. The summed E-state index contributed by atoms with van der Waals surface area (Å²) in [5.74, 6) is 1.25. The van der Waals surface area contributed by atoms with Gasteiger partial charge in [0.2, 0.25) is 0 Å². The van der Waals surface area contributed by atoms with E-state index in [1.54, 1.807) is 0 Å². The lowest BCUT2D eigenvalue weighted by atomic mass is 10.2. The van der Waals surface area contributed by atoms with Crippen molar-refractivity contribution in [1.29, 1.82) is 0 Å². The van der Waals surface area contributed by atoms with Gasteiger partial charge in [-0.1, -0.05) is 6.92 Å². The number of carbonyl (C=O) groups excluding carboxylic acids is 1. The van der Waals surface area contributed by atoms with E-state index in [2.05, 4.69) is 11.7 Å². The maximum absolute atomic E-state index is 11.1. The smallest absolute Gasteiger partial charge is 0.323 e. The van der Waals surface area contributed by atoms with E-state index in [-0.39, 0.29) is 0 Å². The summed E-state index contributed by atoms with van der Waals surface area (Å²) in [5, 5.41) is 0. The Kier molecular flexibility index (Phi) is 4.37. The highest BCUT2D eigenvalue weighted by molar-refractivity contribution is 5.75. The Labute approximate surface area is 89.4 Å². The molecule has 15 heavy (non-hydrogen) atoms. The van der Waals surface area contributed by atoms with Crippen molar-refractivity contribution in [3.8, 4) is 0 Å². The van der Waals surface area contributed by atoms with Gasteiger partial charge in [0.05, 0.1) is 7.11 Å². The number of hydrogen-bond donors (Lipinski definition) is 1. The quantitative estimate of drug-likeness (QED) is 0.745. The van der Waals surface area contributed by atoms with Gasteiger partial charge in [0, 0.05) is 12.8 Å². The number of aryl methyl sites for hydroxylation is 1. The van der Waals surface area contributed by atoms with Crippen molar-refractivity contribution in [1.82, 2.24) is 0 Å². The predicted octanol–water partition coefficient (Wildman–Crippen LogP) is 1.27. The number of nitrogens with two attached hydrogens (primary N) is 1. The molecule has 1 rings (SSSR count). The van der Waals surface area contributed by atoms with E-state index in [1.807, 2.05) is 12.1 Å². The Morgan fingerprint density at radius 3 is 2.80 bits per heavy atom. The van der Waals surface area contributed by atoms with Crippen LogP contribution >= 0.6 is 0 Å². The number of hydrogen-bond acceptors (Lipinski definition) is 4. The largest absolute Gasteiger partial charge is 0.468 e. The zero-order valence-corrected chi connectivity index (χ0v) is 9.16. The molecule has 4 nitrogen and oxygen atoms in total. The van der Waals surface area contributed by atoms with Crippen molar-refractivity contribution in [3.05, 3.63) is 23.7 Å². The van der Waals surface area contributed by atoms with E-state index in [1.165, 1.54) is 7.11 Å². The molecule has 2 N–H and O–H groups in total. The predicted molar refractivity (Wildman–Crippen MR) is 56.4 cm³/mol. The summed E-state index contributed by atoms with van der Waals surface area (Å²) >= 11 is 0. The zero-order valence-electron chi connectivity index (χ0n) is 9.16. The fourth-order valence-electron chi connectivity index (χ4n) is 1.36. The van der Waals surface area contributed by atoms with Crippen molar-refractivity contribution in [3.63, 3.8) is 0 Å². The lowest BCUT2D eigenvalue weighted by Gasteiger charge is -2.06. The highest BCUT2D eigenvalue weighted by atomic mass is 16.5. The molecule has 1 atom stereocenters. The van der Waals surface area contributed by atoms with Gasteiger partial charge in [0.15, 0.2) is 0 Å². The topological polar surface area (TPSA) is 65.5 Å². The van der Waals surface area contributed by atoms with Crippen LogP contribution in [0.15, 0.2) is 16.5 Å². The average Bonchev–Trinajstić information content (AvgIpc) is 2.65. The molecule has 0 aliphatic rings. The van der Waals surface area contributed by atoms with E-state index < -0.39 is 12.0 Å². The maximum Gasteiger partial charge on any atom is 0.323 e. The Bertz CT molecular complexity index is 319. The monoisotopic (exact) mass is 211 g/mol. The van der Waals surface area contributed by atoms with Crippen molar-refractivity contribution in [2.45, 2.75) is 32.2 Å². The van der Waals surface area contributed by atoms with Crippen LogP contribution in [0, 0.1) is 0 Å². The molecule has 0 fully saturated rings. The van der Waals surface area contributed by atoms with Crippen molar-refractivity contribution >= 4 is 5.97 Å². The molecule has 0 radical (unpaired) electrons. The highest BCUT2D eigenvalue weighted by Crippen LogP contribution is 2.11. The molecule has 0 amide bonds. The van der Waals surface area contributed by atoms with Gasteiger partial charge in [-0.25, -0.2) is 0 Å². The third kappa shape index (κ3) is 3.40. The Balaban J connectivity index is 2.53. The zero-order chi connectivity index (χ0) is 11.3. The fourth-order valence-corrected chi connectivity index (χ4v) is 1.36. The highest BCUT2D eigenvalue weighted by Gasteiger charge is 2.16. The number of methoxy groups -OCH3 is 1. The molecule has 0 spiro atoms. The van der Waals surface area contributed by atoms with Crippen LogP contribution in [0.3, 0.4) is 0 Å². The van der Waals surface area contributed by atoms with Crippen LogP contribution in [0.1, 0.15) is 24.9 Å². The molecule has 1 aromatic heterocycles. The van der Waals surface area contributed by atoms with Crippen LogP contribution < -0.4 is 5.73 Å². The molecule has 4 heteroatoms. The molecule has 1 unspecified atom stereocenters. The summed E-state index contributed by atoms with van der Waals surface area (Å²) in [5.41, 5.74) is 5.61. The lowest BCUT2D eigenvalue weighted by Crippen LogP contribution is -2.33. The number of ether oxygens (including phenoxy) is 1. The molecular weight excluding hydrogens is 194 g/mol. The first-order valence-corrected chi connectivity index (χ1v) is 5.08. The number of rotatable bonds is 5. The minimum atomic E-state index is -0.643. The fraction of sp³-hybridized carbons (Fsp3) is 0.545. The first-order valence-electron chi connectivity index (χ1n) is 5.08. The minimum Gasteiger partial charge on any atom is -0.468 e. The molecule has 1 heterocycles. The first-order chi connectivity index (χ1) is 7.17.